The summed E-state index contributed by atoms with van der Waals surface area (Å²) in [7, 11) is -3.08. The van der Waals surface area contributed by atoms with Crippen LogP contribution in [0.4, 0.5) is 4.79 Å². The minimum atomic E-state index is -3.08. The van der Waals surface area contributed by atoms with E-state index in [1.54, 1.807) is 22.0 Å². The van der Waals surface area contributed by atoms with Crippen molar-refractivity contribution in [1.29, 1.82) is 0 Å². The van der Waals surface area contributed by atoms with E-state index in [0.717, 1.165) is 0 Å². The molecule has 2 fully saturated rings. The predicted octanol–water partition coefficient (Wildman–Crippen LogP) is -0.706. The van der Waals surface area contributed by atoms with Gasteiger partial charge in [-0.15, -0.1) is 5.10 Å². The summed E-state index contributed by atoms with van der Waals surface area (Å²) < 4.78 is 30.7. The van der Waals surface area contributed by atoms with Gasteiger partial charge in [0.05, 0.1) is 43.0 Å². The van der Waals surface area contributed by atoms with E-state index in [4.69, 9.17) is 4.74 Å². The van der Waals surface area contributed by atoms with E-state index in [1.807, 2.05) is 6.92 Å². The largest absolute Gasteiger partial charge is 0.377 e. The van der Waals surface area contributed by atoms with Crippen LogP contribution in [0.2, 0.25) is 0 Å². The number of nitrogens with one attached hydrogen (secondary N) is 1. The van der Waals surface area contributed by atoms with Crippen LogP contribution in [0.25, 0.3) is 0 Å². The smallest absolute Gasteiger partial charge is 0.317 e. The first-order valence-electron chi connectivity index (χ1n) is 7.64. The number of carbonyl (C=O) groups excluding carboxylic acids is 1. The minimum Gasteiger partial charge on any atom is -0.377 e. The second-order valence-corrected chi connectivity index (χ2v) is 8.44. The van der Waals surface area contributed by atoms with Gasteiger partial charge >= 0.3 is 6.03 Å². The van der Waals surface area contributed by atoms with Gasteiger partial charge < -0.3 is 15.0 Å². The average molecular weight is 343 g/mol. The van der Waals surface area contributed by atoms with Crippen molar-refractivity contribution in [3.8, 4) is 0 Å². The summed E-state index contributed by atoms with van der Waals surface area (Å²) in [5.41, 5.74) is 0. The van der Waals surface area contributed by atoms with Crippen molar-refractivity contribution in [3.63, 3.8) is 0 Å². The van der Waals surface area contributed by atoms with Crippen molar-refractivity contribution in [2.24, 2.45) is 5.92 Å². The van der Waals surface area contributed by atoms with Crippen LogP contribution in [-0.2, 0) is 14.6 Å². The molecule has 0 radical (unpaired) electrons. The van der Waals surface area contributed by atoms with Crippen LogP contribution in [0.3, 0.4) is 0 Å². The highest BCUT2D eigenvalue weighted by Crippen LogP contribution is 2.19. The molecule has 3 atom stereocenters. The Kier molecular flexibility index (Phi) is 4.53. The molecule has 0 bridgehead atoms. The van der Waals surface area contributed by atoms with E-state index in [2.05, 4.69) is 15.6 Å². The lowest BCUT2D eigenvalue weighted by molar-refractivity contribution is 0.175. The quantitative estimate of drug-likeness (QED) is 0.761. The second-order valence-electron chi connectivity index (χ2n) is 6.21. The maximum Gasteiger partial charge on any atom is 0.317 e. The molecule has 0 aliphatic carbocycles. The molecule has 2 aliphatic heterocycles. The van der Waals surface area contributed by atoms with Gasteiger partial charge in [0.1, 0.15) is 0 Å². The molecule has 3 rings (SSSR count). The Morgan fingerprint density at radius 1 is 1.39 bits per heavy atom. The van der Waals surface area contributed by atoms with Crippen LogP contribution >= 0.6 is 0 Å². The Morgan fingerprint density at radius 2 is 2.22 bits per heavy atom. The molecule has 10 heteroatoms. The Bertz CT molecular complexity index is 647. The monoisotopic (exact) mass is 343 g/mol. The summed E-state index contributed by atoms with van der Waals surface area (Å²) in [5.74, 6) is 0.0720. The number of aromatic nitrogens is 3. The van der Waals surface area contributed by atoms with E-state index in [0.29, 0.717) is 19.8 Å². The number of rotatable bonds is 2. The van der Waals surface area contributed by atoms with Gasteiger partial charge in [0.25, 0.3) is 0 Å². The predicted molar refractivity (Wildman–Crippen MR) is 81.6 cm³/mol. The lowest BCUT2D eigenvalue weighted by Gasteiger charge is -2.26. The van der Waals surface area contributed by atoms with Crippen LogP contribution in [0.1, 0.15) is 13.0 Å². The van der Waals surface area contributed by atoms with E-state index >= 15 is 0 Å². The molecule has 2 amide bonds. The summed E-state index contributed by atoms with van der Waals surface area (Å²) >= 11 is 0. The van der Waals surface area contributed by atoms with Gasteiger partial charge in [0.15, 0.2) is 9.84 Å². The van der Waals surface area contributed by atoms with Crippen LogP contribution in [-0.4, -0.2) is 78.2 Å². The van der Waals surface area contributed by atoms with E-state index in [1.165, 1.54) is 0 Å². The van der Waals surface area contributed by atoms with Gasteiger partial charge in [-0.25, -0.2) is 17.9 Å². The maximum atomic E-state index is 12.5. The maximum absolute atomic E-state index is 12.5. The topological polar surface area (TPSA) is 106 Å². The zero-order valence-electron chi connectivity index (χ0n) is 13.0. The van der Waals surface area contributed by atoms with Gasteiger partial charge in [-0.2, -0.15) is 0 Å². The molecule has 1 unspecified atom stereocenters. The molecule has 3 heterocycles. The zero-order valence-corrected chi connectivity index (χ0v) is 13.8. The molecule has 128 valence electrons. The molecule has 1 aromatic rings. The van der Waals surface area contributed by atoms with E-state index < -0.39 is 9.84 Å². The second kappa shape index (κ2) is 6.44. The van der Waals surface area contributed by atoms with Crippen LogP contribution < -0.4 is 5.32 Å². The fourth-order valence-electron chi connectivity index (χ4n) is 3.06. The lowest BCUT2D eigenvalue weighted by atomic mass is 10.1. The highest BCUT2D eigenvalue weighted by molar-refractivity contribution is 7.91. The average Bonchev–Trinajstić information content (AvgIpc) is 3.10. The molecular formula is C13H21N5O4S. The fourth-order valence-corrected chi connectivity index (χ4v) is 4.69. The van der Waals surface area contributed by atoms with Crippen molar-refractivity contribution in [2.75, 3.05) is 37.8 Å². The van der Waals surface area contributed by atoms with Crippen LogP contribution in [0, 0.1) is 5.92 Å². The Balaban J connectivity index is 1.64. The number of ether oxygens (including phenoxy) is 1. The number of amides is 2. The first-order valence-corrected chi connectivity index (χ1v) is 9.46. The molecule has 2 aliphatic rings. The minimum absolute atomic E-state index is 0.0123. The number of hydrogen-bond donors (Lipinski definition) is 1. The summed E-state index contributed by atoms with van der Waals surface area (Å²) in [6.07, 6.45) is 3.32. The van der Waals surface area contributed by atoms with Gasteiger partial charge in [-0.05, 0) is 5.92 Å². The highest BCUT2D eigenvalue weighted by atomic mass is 32.2. The van der Waals surface area contributed by atoms with Crippen molar-refractivity contribution >= 4 is 15.9 Å². The Labute approximate surface area is 134 Å². The van der Waals surface area contributed by atoms with Gasteiger partial charge in [-0.1, -0.05) is 12.1 Å². The van der Waals surface area contributed by atoms with Crippen molar-refractivity contribution < 1.29 is 17.9 Å². The standard InChI is InChI=1S/C13H21N5O4S/c1-10-6-17(4-5-23(20,21)9-10)13(19)15-11-7-22-8-12(11)18-3-2-14-16-18/h2-3,10-12H,4-9H2,1H3,(H,15,19)/t10?,11-,12+/m0/s1. The first-order chi connectivity index (χ1) is 10.9. The Hall–Kier alpha value is -1.68. The number of hydrogen-bond acceptors (Lipinski definition) is 6. The molecule has 23 heavy (non-hydrogen) atoms. The summed E-state index contributed by atoms with van der Waals surface area (Å²) in [6.45, 7) is 3.36. The Morgan fingerprint density at radius 3 is 2.96 bits per heavy atom. The van der Waals surface area contributed by atoms with Crippen molar-refractivity contribution in [2.45, 2.75) is 19.0 Å². The summed E-state index contributed by atoms with van der Waals surface area (Å²) in [5, 5.41) is 10.7. The molecule has 1 aromatic heterocycles. The number of urea groups is 1. The zero-order chi connectivity index (χ0) is 16.4. The third-order valence-corrected chi connectivity index (χ3v) is 6.05. The molecule has 0 spiro atoms. The third kappa shape index (κ3) is 3.81. The highest BCUT2D eigenvalue weighted by Gasteiger charge is 2.34. The molecule has 1 N–H and O–H groups in total. The normalized spacial score (nSPS) is 30.8. The SMILES string of the molecule is CC1CN(C(=O)N[C@H]2COC[C@H]2n2ccnn2)CCS(=O)(=O)C1. The van der Waals surface area contributed by atoms with E-state index in [9.17, 15) is 13.2 Å². The molecule has 0 saturated carbocycles. The molecular weight excluding hydrogens is 322 g/mol. The van der Waals surface area contributed by atoms with Crippen LogP contribution in [0.5, 0.6) is 0 Å². The lowest BCUT2D eigenvalue weighted by Crippen LogP contribution is -2.49. The molecule has 9 nitrogen and oxygen atoms in total. The number of carbonyl (C=O) groups is 1. The van der Waals surface area contributed by atoms with E-state index in [-0.39, 0.29) is 42.1 Å². The van der Waals surface area contributed by atoms with Gasteiger partial charge in [-0.3, -0.25) is 0 Å². The first kappa shape index (κ1) is 16.2. The number of nitrogens with zero attached hydrogens (tertiary/aromatic N) is 4. The van der Waals surface area contributed by atoms with Gasteiger partial charge in [0, 0.05) is 19.3 Å². The number of sulfone groups is 1. The van der Waals surface area contributed by atoms with Crippen LogP contribution in [0.15, 0.2) is 12.4 Å². The third-order valence-electron chi connectivity index (χ3n) is 4.17. The fraction of sp³-hybridized carbons (Fsp3) is 0.769. The summed E-state index contributed by atoms with van der Waals surface area (Å²) in [6, 6.07) is -0.566. The summed E-state index contributed by atoms with van der Waals surface area (Å²) in [4.78, 5) is 14.1. The van der Waals surface area contributed by atoms with Gasteiger partial charge in [0.2, 0.25) is 0 Å². The molecule has 2 saturated heterocycles. The molecule has 0 aromatic carbocycles. The van der Waals surface area contributed by atoms with Crippen molar-refractivity contribution in [3.05, 3.63) is 12.4 Å². The van der Waals surface area contributed by atoms with Crippen molar-refractivity contribution in [1.82, 2.24) is 25.2 Å².